The van der Waals surface area contributed by atoms with Gasteiger partial charge in [-0.2, -0.15) is 5.10 Å². The summed E-state index contributed by atoms with van der Waals surface area (Å²) < 4.78 is 1.79. The summed E-state index contributed by atoms with van der Waals surface area (Å²) in [5.41, 5.74) is 2.24. The average molecular weight is 328 g/mol. The molecule has 0 atom stereocenters. The van der Waals surface area contributed by atoms with E-state index in [1.165, 1.54) is 5.56 Å². The first-order valence-electron chi connectivity index (χ1n) is 7.91. The molecule has 1 aromatic heterocycles. The molecule has 1 aromatic carbocycles. The monoisotopic (exact) mass is 328 g/mol. The molecule has 0 aliphatic heterocycles. The second-order valence-electron chi connectivity index (χ2n) is 5.31. The number of benzene rings is 1. The van der Waals surface area contributed by atoms with Gasteiger partial charge >= 0.3 is 0 Å². The third kappa shape index (κ3) is 5.75. The molecule has 2 aromatic rings. The van der Waals surface area contributed by atoms with E-state index in [4.69, 9.17) is 0 Å². The first-order chi connectivity index (χ1) is 11.7. The molecule has 0 saturated carbocycles. The third-order valence-electron chi connectivity index (χ3n) is 3.58. The number of aryl methyl sites for hydroxylation is 1. The van der Waals surface area contributed by atoms with Crippen molar-refractivity contribution in [3.05, 3.63) is 53.9 Å². The van der Waals surface area contributed by atoms with Crippen molar-refractivity contribution in [3.63, 3.8) is 0 Å². The molecule has 1 amide bonds. The zero-order chi connectivity index (χ0) is 17.2. The Hall–Kier alpha value is -2.83. The van der Waals surface area contributed by atoms with Crippen LogP contribution in [0.2, 0.25) is 0 Å². The van der Waals surface area contributed by atoms with Crippen LogP contribution < -0.4 is 16.0 Å². The number of nitrogens with one attached hydrogen (secondary N) is 3. The number of hydrogen-bond donors (Lipinski definition) is 3. The Kier molecular flexibility index (Phi) is 6.82. The van der Waals surface area contributed by atoms with Gasteiger partial charge in [0.25, 0.3) is 0 Å². The zero-order valence-electron chi connectivity index (χ0n) is 14.1. The number of amides is 1. The van der Waals surface area contributed by atoms with Gasteiger partial charge in [0.15, 0.2) is 5.96 Å². The van der Waals surface area contributed by atoms with Crippen molar-refractivity contribution >= 4 is 11.9 Å². The Labute approximate surface area is 142 Å². The smallest absolute Gasteiger partial charge is 0.239 e. The predicted molar refractivity (Wildman–Crippen MR) is 94.6 cm³/mol. The third-order valence-corrected chi connectivity index (χ3v) is 3.58. The van der Waals surface area contributed by atoms with Gasteiger partial charge in [0.1, 0.15) is 0 Å². The molecule has 0 spiro atoms. The lowest BCUT2D eigenvalue weighted by Gasteiger charge is -2.12. The van der Waals surface area contributed by atoms with Crippen LogP contribution in [0, 0.1) is 0 Å². The molecule has 0 aliphatic rings. The second kappa shape index (κ2) is 9.34. The predicted octanol–water partition coefficient (Wildman–Crippen LogP) is 0.444. The molecule has 0 radical (unpaired) electrons. The van der Waals surface area contributed by atoms with Gasteiger partial charge in [-0.15, -0.1) is 0 Å². The van der Waals surface area contributed by atoms with Gasteiger partial charge in [0.2, 0.25) is 5.91 Å². The summed E-state index contributed by atoms with van der Waals surface area (Å²) in [5.74, 6) is 0.517. The van der Waals surface area contributed by atoms with E-state index in [1.807, 2.05) is 31.3 Å². The first-order valence-corrected chi connectivity index (χ1v) is 7.91. The quantitative estimate of drug-likeness (QED) is 0.509. The van der Waals surface area contributed by atoms with Crippen LogP contribution in [0.3, 0.4) is 0 Å². The van der Waals surface area contributed by atoms with E-state index in [9.17, 15) is 4.79 Å². The van der Waals surface area contributed by atoms with Crippen molar-refractivity contribution in [2.24, 2.45) is 12.0 Å². The van der Waals surface area contributed by atoms with Crippen molar-refractivity contribution in [1.82, 2.24) is 25.7 Å². The molecule has 24 heavy (non-hydrogen) atoms. The summed E-state index contributed by atoms with van der Waals surface area (Å²) in [4.78, 5) is 16.0. The highest BCUT2D eigenvalue weighted by Gasteiger charge is 2.04. The second-order valence-corrected chi connectivity index (χ2v) is 5.31. The number of nitrogens with zero attached hydrogens (tertiary/aromatic N) is 3. The SMILES string of the molecule is CN=C(NCC(=O)NCCc1ccccc1)NCc1ccnn1C. The van der Waals surface area contributed by atoms with E-state index in [2.05, 4.69) is 38.2 Å². The Morgan fingerprint density at radius 2 is 1.96 bits per heavy atom. The fourth-order valence-electron chi connectivity index (χ4n) is 2.19. The van der Waals surface area contributed by atoms with Crippen LogP contribution in [0.25, 0.3) is 0 Å². The molecule has 0 bridgehead atoms. The molecule has 0 saturated heterocycles. The number of guanidine groups is 1. The molecular weight excluding hydrogens is 304 g/mol. The number of carbonyl (C=O) groups is 1. The fraction of sp³-hybridized carbons (Fsp3) is 0.353. The first kappa shape index (κ1) is 17.5. The molecule has 128 valence electrons. The van der Waals surface area contributed by atoms with E-state index in [0.717, 1.165) is 12.1 Å². The Balaban J connectivity index is 1.65. The number of aliphatic imine (C=N–C) groups is 1. The van der Waals surface area contributed by atoms with Crippen LogP contribution in [0.15, 0.2) is 47.6 Å². The molecule has 3 N–H and O–H groups in total. The van der Waals surface area contributed by atoms with E-state index in [0.29, 0.717) is 19.0 Å². The summed E-state index contributed by atoms with van der Waals surface area (Å²) in [6, 6.07) is 12.0. The van der Waals surface area contributed by atoms with Crippen molar-refractivity contribution in [3.8, 4) is 0 Å². The largest absolute Gasteiger partial charge is 0.354 e. The number of hydrogen-bond acceptors (Lipinski definition) is 3. The Morgan fingerprint density at radius 3 is 2.62 bits per heavy atom. The summed E-state index contributed by atoms with van der Waals surface area (Å²) in [6.45, 7) is 1.39. The molecule has 0 unspecified atom stereocenters. The van der Waals surface area contributed by atoms with Crippen molar-refractivity contribution in [2.75, 3.05) is 20.1 Å². The Bertz CT molecular complexity index is 665. The topological polar surface area (TPSA) is 83.3 Å². The summed E-state index contributed by atoms with van der Waals surface area (Å²) in [5, 5.41) is 13.1. The van der Waals surface area contributed by atoms with E-state index in [1.54, 1.807) is 17.9 Å². The van der Waals surface area contributed by atoms with Gasteiger partial charge in [-0.05, 0) is 18.1 Å². The van der Waals surface area contributed by atoms with Gasteiger partial charge in [0.05, 0.1) is 18.8 Å². The van der Waals surface area contributed by atoms with E-state index in [-0.39, 0.29) is 12.5 Å². The number of carbonyl (C=O) groups excluding carboxylic acids is 1. The van der Waals surface area contributed by atoms with Crippen LogP contribution in [0.5, 0.6) is 0 Å². The highest BCUT2D eigenvalue weighted by molar-refractivity contribution is 5.86. The Morgan fingerprint density at radius 1 is 1.17 bits per heavy atom. The van der Waals surface area contributed by atoms with Gasteiger partial charge in [0, 0.05) is 26.8 Å². The van der Waals surface area contributed by atoms with Crippen LogP contribution in [-0.2, 0) is 24.8 Å². The number of aromatic nitrogens is 2. The van der Waals surface area contributed by atoms with Crippen LogP contribution in [0.4, 0.5) is 0 Å². The van der Waals surface area contributed by atoms with Gasteiger partial charge in [-0.25, -0.2) is 0 Å². The highest BCUT2D eigenvalue weighted by Crippen LogP contribution is 1.98. The van der Waals surface area contributed by atoms with Crippen LogP contribution >= 0.6 is 0 Å². The molecule has 7 nitrogen and oxygen atoms in total. The van der Waals surface area contributed by atoms with Crippen molar-refractivity contribution in [1.29, 1.82) is 0 Å². The lowest BCUT2D eigenvalue weighted by atomic mass is 10.1. The standard InChI is InChI=1S/C17H24N6O/c1-18-17(20-12-15-9-11-22-23(15)2)21-13-16(24)19-10-8-14-6-4-3-5-7-14/h3-7,9,11H,8,10,12-13H2,1-2H3,(H,19,24)(H2,18,20,21). The van der Waals surface area contributed by atoms with Crippen LogP contribution in [0.1, 0.15) is 11.3 Å². The van der Waals surface area contributed by atoms with Crippen molar-refractivity contribution < 1.29 is 4.79 Å². The zero-order valence-corrected chi connectivity index (χ0v) is 14.1. The molecule has 0 fully saturated rings. The van der Waals surface area contributed by atoms with Gasteiger partial charge in [-0.1, -0.05) is 30.3 Å². The van der Waals surface area contributed by atoms with Crippen molar-refractivity contribution in [2.45, 2.75) is 13.0 Å². The average Bonchev–Trinajstić information content (AvgIpc) is 3.01. The maximum absolute atomic E-state index is 11.9. The lowest BCUT2D eigenvalue weighted by molar-refractivity contribution is -0.119. The molecule has 0 aliphatic carbocycles. The minimum atomic E-state index is -0.0607. The molecular formula is C17H24N6O. The van der Waals surface area contributed by atoms with E-state index >= 15 is 0 Å². The molecule has 1 heterocycles. The van der Waals surface area contributed by atoms with E-state index < -0.39 is 0 Å². The van der Waals surface area contributed by atoms with Crippen LogP contribution in [-0.4, -0.2) is 41.8 Å². The van der Waals surface area contributed by atoms with Gasteiger partial charge in [-0.3, -0.25) is 14.5 Å². The molecule has 7 heteroatoms. The summed E-state index contributed by atoms with van der Waals surface area (Å²) in [6.07, 6.45) is 2.56. The minimum Gasteiger partial charge on any atom is -0.354 e. The minimum absolute atomic E-state index is 0.0607. The van der Waals surface area contributed by atoms with Gasteiger partial charge < -0.3 is 16.0 Å². The number of rotatable bonds is 7. The maximum Gasteiger partial charge on any atom is 0.239 e. The fourth-order valence-corrected chi connectivity index (χ4v) is 2.19. The highest BCUT2D eigenvalue weighted by atomic mass is 16.1. The maximum atomic E-state index is 11.9. The summed E-state index contributed by atoms with van der Waals surface area (Å²) in [7, 11) is 3.55. The summed E-state index contributed by atoms with van der Waals surface area (Å²) >= 11 is 0. The molecule has 2 rings (SSSR count). The normalized spacial score (nSPS) is 11.2. The lowest BCUT2D eigenvalue weighted by Crippen LogP contribution is -2.43.